The second-order valence-electron chi connectivity index (χ2n) is 4.23. The molecular formula is C13H15N3OS. The number of rotatable bonds is 4. The molecule has 4 nitrogen and oxygen atoms in total. The second-order valence-corrected chi connectivity index (χ2v) is 5.09. The van der Waals surface area contributed by atoms with E-state index in [2.05, 4.69) is 15.3 Å². The molecule has 0 saturated heterocycles. The Bertz CT molecular complexity index is 524. The normalized spacial score (nSPS) is 12.1. The molecule has 0 aliphatic carbocycles. The van der Waals surface area contributed by atoms with Crippen molar-refractivity contribution in [1.29, 1.82) is 0 Å². The van der Waals surface area contributed by atoms with Gasteiger partial charge in [-0.05, 0) is 30.5 Å². The summed E-state index contributed by atoms with van der Waals surface area (Å²) in [7, 11) is 0. The lowest BCUT2D eigenvalue weighted by Gasteiger charge is -2.10. The summed E-state index contributed by atoms with van der Waals surface area (Å²) in [4.78, 5) is 20.0. The maximum atomic E-state index is 11.8. The van der Waals surface area contributed by atoms with Gasteiger partial charge in [-0.25, -0.2) is 4.98 Å². The zero-order chi connectivity index (χ0) is 13.0. The highest BCUT2D eigenvalue weighted by molar-refractivity contribution is 7.13. The highest BCUT2D eigenvalue weighted by atomic mass is 32.1. The number of anilines is 1. The van der Waals surface area contributed by atoms with Crippen molar-refractivity contribution in [2.75, 3.05) is 5.32 Å². The van der Waals surface area contributed by atoms with Crippen molar-refractivity contribution in [2.24, 2.45) is 0 Å². The van der Waals surface area contributed by atoms with Gasteiger partial charge in [0.2, 0.25) is 5.91 Å². The van der Waals surface area contributed by atoms with E-state index in [1.165, 1.54) is 11.3 Å². The molecule has 18 heavy (non-hydrogen) atoms. The minimum Gasteiger partial charge on any atom is -0.302 e. The number of hydrogen-bond donors (Lipinski definition) is 1. The Morgan fingerprint density at radius 1 is 1.44 bits per heavy atom. The number of thiazole rings is 1. The van der Waals surface area contributed by atoms with Gasteiger partial charge in [0.05, 0.1) is 5.69 Å². The van der Waals surface area contributed by atoms with Crippen molar-refractivity contribution in [3.63, 3.8) is 0 Å². The summed E-state index contributed by atoms with van der Waals surface area (Å²) >= 11 is 1.45. The first kappa shape index (κ1) is 12.7. The second kappa shape index (κ2) is 5.73. The number of carbonyl (C=O) groups is 1. The van der Waals surface area contributed by atoms with Gasteiger partial charge in [0.1, 0.15) is 0 Å². The zero-order valence-electron chi connectivity index (χ0n) is 10.4. The molecule has 0 aromatic carbocycles. The van der Waals surface area contributed by atoms with Crippen LogP contribution in [0.1, 0.15) is 30.5 Å². The molecule has 0 aliphatic heterocycles. The predicted molar refractivity (Wildman–Crippen MR) is 72.7 cm³/mol. The number of aryl methyl sites for hydroxylation is 1. The molecular weight excluding hydrogens is 246 g/mol. The molecule has 2 aromatic heterocycles. The molecule has 2 heterocycles. The van der Waals surface area contributed by atoms with Gasteiger partial charge in [0, 0.05) is 24.2 Å². The van der Waals surface area contributed by atoms with Crippen LogP contribution in [-0.4, -0.2) is 15.9 Å². The summed E-state index contributed by atoms with van der Waals surface area (Å²) in [5.74, 6) is 0.169. The molecule has 2 rings (SSSR count). The van der Waals surface area contributed by atoms with Gasteiger partial charge in [-0.1, -0.05) is 6.92 Å². The van der Waals surface area contributed by atoms with Crippen molar-refractivity contribution < 1.29 is 4.79 Å². The first-order valence-electron chi connectivity index (χ1n) is 5.77. The molecule has 0 aliphatic rings. The topological polar surface area (TPSA) is 54.9 Å². The average Bonchev–Trinajstić information content (AvgIpc) is 2.75. The first-order valence-corrected chi connectivity index (χ1v) is 6.65. The standard InChI is InChI=1S/C13H15N3OS/c1-9(11-3-5-14-6-4-11)7-12(17)16-13-15-10(2)8-18-13/h3-6,8-9H,7H2,1-2H3,(H,15,16,17)/t9-/m1/s1. The highest BCUT2D eigenvalue weighted by Gasteiger charge is 2.12. The molecule has 0 fully saturated rings. The van der Waals surface area contributed by atoms with Crippen molar-refractivity contribution in [3.8, 4) is 0 Å². The van der Waals surface area contributed by atoms with E-state index in [0.717, 1.165) is 11.3 Å². The number of nitrogens with zero attached hydrogens (tertiary/aromatic N) is 2. The molecule has 2 aromatic rings. The predicted octanol–water partition coefficient (Wildman–Crippen LogP) is 2.98. The Balaban J connectivity index is 1.92. The number of pyridine rings is 1. The lowest BCUT2D eigenvalue weighted by atomic mass is 9.99. The van der Waals surface area contributed by atoms with Gasteiger partial charge < -0.3 is 5.32 Å². The van der Waals surface area contributed by atoms with Gasteiger partial charge in [0.15, 0.2) is 5.13 Å². The van der Waals surface area contributed by atoms with Crippen LogP contribution in [0.5, 0.6) is 0 Å². The number of hydrogen-bond acceptors (Lipinski definition) is 4. The average molecular weight is 261 g/mol. The summed E-state index contributed by atoms with van der Waals surface area (Å²) in [6.07, 6.45) is 3.94. The quantitative estimate of drug-likeness (QED) is 0.920. The van der Waals surface area contributed by atoms with E-state index in [1.54, 1.807) is 12.4 Å². The molecule has 1 N–H and O–H groups in total. The highest BCUT2D eigenvalue weighted by Crippen LogP contribution is 2.20. The summed E-state index contributed by atoms with van der Waals surface area (Å²) in [5, 5.41) is 5.40. The fraction of sp³-hybridized carbons (Fsp3) is 0.308. The van der Waals surface area contributed by atoms with Crippen LogP contribution >= 0.6 is 11.3 Å². The van der Waals surface area contributed by atoms with Crippen LogP contribution in [0.4, 0.5) is 5.13 Å². The van der Waals surface area contributed by atoms with Crippen molar-refractivity contribution in [3.05, 3.63) is 41.2 Å². The summed E-state index contributed by atoms with van der Waals surface area (Å²) in [5.41, 5.74) is 2.05. The van der Waals surface area contributed by atoms with Gasteiger partial charge in [-0.2, -0.15) is 0 Å². The molecule has 5 heteroatoms. The fourth-order valence-corrected chi connectivity index (χ4v) is 2.37. The van der Waals surface area contributed by atoms with Crippen molar-refractivity contribution in [2.45, 2.75) is 26.2 Å². The minimum absolute atomic E-state index is 0.00587. The summed E-state index contributed by atoms with van der Waals surface area (Å²) < 4.78 is 0. The monoisotopic (exact) mass is 261 g/mol. The van der Waals surface area contributed by atoms with Crippen LogP contribution in [0.25, 0.3) is 0 Å². The summed E-state index contributed by atoms with van der Waals surface area (Å²) in [6, 6.07) is 3.87. The fourth-order valence-electron chi connectivity index (χ4n) is 1.67. The Labute approximate surface area is 110 Å². The third kappa shape index (κ3) is 3.37. The Morgan fingerprint density at radius 3 is 2.78 bits per heavy atom. The van der Waals surface area contributed by atoms with Gasteiger partial charge >= 0.3 is 0 Å². The van der Waals surface area contributed by atoms with Crippen LogP contribution in [0.15, 0.2) is 29.9 Å². The molecule has 0 unspecified atom stereocenters. The number of nitrogens with one attached hydrogen (secondary N) is 1. The van der Waals surface area contributed by atoms with Crippen molar-refractivity contribution in [1.82, 2.24) is 9.97 Å². The van der Waals surface area contributed by atoms with Crippen LogP contribution in [0.3, 0.4) is 0 Å². The lowest BCUT2D eigenvalue weighted by Crippen LogP contribution is -2.14. The molecule has 1 amide bonds. The van der Waals surface area contributed by atoms with Crippen molar-refractivity contribution >= 4 is 22.4 Å². The van der Waals surface area contributed by atoms with E-state index < -0.39 is 0 Å². The lowest BCUT2D eigenvalue weighted by molar-refractivity contribution is -0.116. The van der Waals surface area contributed by atoms with Crippen LogP contribution < -0.4 is 5.32 Å². The van der Waals surface area contributed by atoms with Gasteiger partial charge in [0.25, 0.3) is 0 Å². The number of amides is 1. The largest absolute Gasteiger partial charge is 0.302 e. The number of carbonyl (C=O) groups excluding carboxylic acids is 1. The molecule has 0 radical (unpaired) electrons. The van der Waals surface area contributed by atoms with Gasteiger partial charge in [-0.15, -0.1) is 11.3 Å². The third-order valence-corrected chi connectivity index (χ3v) is 3.51. The van der Waals surface area contributed by atoms with E-state index in [9.17, 15) is 4.79 Å². The summed E-state index contributed by atoms with van der Waals surface area (Å²) in [6.45, 7) is 3.94. The molecule has 94 valence electrons. The maximum absolute atomic E-state index is 11.8. The first-order chi connectivity index (χ1) is 8.65. The Kier molecular flexibility index (Phi) is 4.04. The zero-order valence-corrected chi connectivity index (χ0v) is 11.2. The minimum atomic E-state index is -0.00587. The Morgan fingerprint density at radius 2 is 2.17 bits per heavy atom. The molecule has 1 atom stereocenters. The van der Waals surface area contributed by atoms with E-state index in [4.69, 9.17) is 0 Å². The maximum Gasteiger partial charge on any atom is 0.226 e. The van der Waals surface area contributed by atoms with Crippen LogP contribution in [0.2, 0.25) is 0 Å². The molecule has 0 bridgehead atoms. The van der Waals surface area contributed by atoms with Gasteiger partial charge in [-0.3, -0.25) is 9.78 Å². The SMILES string of the molecule is Cc1csc(NC(=O)C[C@@H](C)c2ccncc2)n1. The Hall–Kier alpha value is -1.75. The van der Waals surface area contributed by atoms with Crippen LogP contribution in [-0.2, 0) is 4.79 Å². The van der Waals surface area contributed by atoms with Crippen LogP contribution in [0, 0.1) is 6.92 Å². The number of aromatic nitrogens is 2. The molecule has 0 saturated carbocycles. The molecule has 0 spiro atoms. The van der Waals surface area contributed by atoms with E-state index in [0.29, 0.717) is 11.6 Å². The van der Waals surface area contributed by atoms with E-state index in [1.807, 2.05) is 31.4 Å². The van der Waals surface area contributed by atoms with E-state index >= 15 is 0 Å². The van der Waals surface area contributed by atoms with E-state index in [-0.39, 0.29) is 11.8 Å². The smallest absolute Gasteiger partial charge is 0.226 e. The third-order valence-electron chi connectivity index (χ3n) is 2.63.